The van der Waals surface area contributed by atoms with Gasteiger partial charge in [-0.3, -0.25) is 4.57 Å². The van der Waals surface area contributed by atoms with Crippen LogP contribution in [0.4, 0.5) is 0 Å². The number of fused-ring (bicyclic) bond motifs is 3. The van der Waals surface area contributed by atoms with E-state index in [2.05, 4.69) is 20.3 Å². The molecule has 0 radical (unpaired) electrons. The van der Waals surface area contributed by atoms with Crippen molar-refractivity contribution in [2.45, 2.75) is 24.9 Å². The van der Waals surface area contributed by atoms with Gasteiger partial charge >= 0.3 is 0 Å². The van der Waals surface area contributed by atoms with E-state index in [-0.39, 0.29) is 6.61 Å². The van der Waals surface area contributed by atoms with Crippen molar-refractivity contribution in [3.63, 3.8) is 0 Å². The molecule has 3 atom stereocenters. The van der Waals surface area contributed by atoms with Crippen LogP contribution in [-0.2, 0) is 4.74 Å². The number of nitrogens with zero attached hydrogens (tertiary/aromatic N) is 6. The normalized spacial score (nSPS) is 26.8. The van der Waals surface area contributed by atoms with E-state index in [1.165, 1.54) is 0 Å². The van der Waals surface area contributed by atoms with Crippen LogP contribution in [0.5, 0.6) is 0 Å². The zero-order valence-corrected chi connectivity index (χ0v) is 10.4. The monoisotopic (exact) mass is 276 g/mol. The molecule has 0 saturated carbocycles. The lowest BCUT2D eigenvalue weighted by atomic mass is 10.2. The van der Waals surface area contributed by atoms with Crippen molar-refractivity contribution in [2.24, 2.45) is 0 Å². The molecule has 1 saturated heterocycles. The molecule has 0 amide bonds. The van der Waals surface area contributed by atoms with Gasteiger partial charge in [-0.05, 0) is 0 Å². The highest BCUT2D eigenvalue weighted by Crippen LogP contribution is 2.30. The minimum absolute atomic E-state index is 0.222. The fourth-order valence-electron chi connectivity index (χ4n) is 2.50. The highest BCUT2D eigenvalue weighted by molar-refractivity contribution is 5.84. The summed E-state index contributed by atoms with van der Waals surface area (Å²) in [5, 5.41) is 27.0. The molecule has 4 rings (SSSR count). The Labute approximate surface area is 112 Å². The fraction of sp³-hybridized carbons (Fsp3) is 0.455. The van der Waals surface area contributed by atoms with Crippen molar-refractivity contribution in [3.8, 4) is 0 Å². The summed E-state index contributed by atoms with van der Waals surface area (Å²) in [7, 11) is 0. The summed E-state index contributed by atoms with van der Waals surface area (Å²) in [5.41, 5.74) is 1.78. The molecule has 0 bridgehead atoms. The van der Waals surface area contributed by atoms with Crippen LogP contribution in [0.15, 0.2) is 18.7 Å². The molecule has 0 aromatic carbocycles. The molecule has 3 aromatic heterocycles. The Hall–Kier alpha value is -2.10. The Balaban J connectivity index is 1.81. The highest BCUT2D eigenvalue weighted by atomic mass is 16.5. The summed E-state index contributed by atoms with van der Waals surface area (Å²) >= 11 is 0. The van der Waals surface area contributed by atoms with Crippen molar-refractivity contribution in [3.05, 3.63) is 18.7 Å². The third kappa shape index (κ3) is 1.54. The van der Waals surface area contributed by atoms with Gasteiger partial charge in [0.15, 0.2) is 16.8 Å². The van der Waals surface area contributed by atoms with Gasteiger partial charge in [0.25, 0.3) is 0 Å². The van der Waals surface area contributed by atoms with Crippen LogP contribution in [0.2, 0.25) is 0 Å². The van der Waals surface area contributed by atoms with Gasteiger partial charge in [-0.2, -0.15) is 0 Å². The molecule has 1 fully saturated rings. The molecule has 1 aliphatic rings. The summed E-state index contributed by atoms with van der Waals surface area (Å²) in [4.78, 5) is 8.48. The molecule has 9 nitrogen and oxygen atoms in total. The molecule has 0 spiro atoms. The van der Waals surface area contributed by atoms with Crippen LogP contribution >= 0.6 is 0 Å². The first-order chi connectivity index (χ1) is 9.78. The molecule has 104 valence electrons. The predicted octanol–water partition coefficient (Wildman–Crippen LogP) is -0.885. The fourth-order valence-corrected chi connectivity index (χ4v) is 2.50. The highest BCUT2D eigenvalue weighted by Gasteiger charge is 2.35. The lowest BCUT2D eigenvalue weighted by molar-refractivity contribution is -0.0432. The van der Waals surface area contributed by atoms with Crippen LogP contribution in [0.25, 0.3) is 16.8 Å². The molecule has 3 unspecified atom stereocenters. The van der Waals surface area contributed by atoms with E-state index in [9.17, 15) is 5.11 Å². The number of ether oxygens (including phenoxy) is 1. The zero-order valence-electron chi connectivity index (χ0n) is 10.4. The second kappa shape index (κ2) is 4.20. The summed E-state index contributed by atoms with van der Waals surface area (Å²) in [6, 6.07) is 0. The Bertz CT molecular complexity index is 768. The Morgan fingerprint density at radius 1 is 1.35 bits per heavy atom. The minimum atomic E-state index is -0.703. The molecule has 2 N–H and O–H groups in total. The van der Waals surface area contributed by atoms with Crippen molar-refractivity contribution < 1.29 is 14.9 Å². The standard InChI is InChI=1S/C11H12N6O3/c18-4-7-6(19)3-8(20-7)16-5-13-9-10-12-1-2-17(10)15-14-11(9)16/h1-2,5-8,18-19H,3-4H2. The Morgan fingerprint density at radius 2 is 2.25 bits per heavy atom. The smallest absolute Gasteiger partial charge is 0.190 e. The third-order valence-corrected chi connectivity index (χ3v) is 3.53. The van der Waals surface area contributed by atoms with Crippen molar-refractivity contribution in [1.82, 2.24) is 29.4 Å². The number of rotatable bonds is 2. The van der Waals surface area contributed by atoms with Crippen molar-refractivity contribution in [1.29, 1.82) is 0 Å². The van der Waals surface area contributed by atoms with Gasteiger partial charge in [-0.15, -0.1) is 5.10 Å². The zero-order chi connectivity index (χ0) is 13.7. The molecular formula is C11H12N6O3. The molecule has 3 aromatic rings. The predicted molar refractivity (Wildman–Crippen MR) is 65.7 cm³/mol. The van der Waals surface area contributed by atoms with Gasteiger partial charge in [0.05, 0.1) is 25.2 Å². The maximum Gasteiger partial charge on any atom is 0.190 e. The average molecular weight is 276 g/mol. The van der Waals surface area contributed by atoms with Crippen LogP contribution in [-0.4, -0.2) is 58.4 Å². The molecule has 9 heteroatoms. The van der Waals surface area contributed by atoms with Gasteiger partial charge in [0.2, 0.25) is 0 Å². The van der Waals surface area contributed by atoms with E-state index in [4.69, 9.17) is 9.84 Å². The number of aromatic nitrogens is 6. The van der Waals surface area contributed by atoms with E-state index in [1.54, 1.807) is 27.8 Å². The van der Waals surface area contributed by atoms with E-state index < -0.39 is 18.4 Å². The second-order valence-electron chi connectivity index (χ2n) is 4.72. The van der Waals surface area contributed by atoms with Gasteiger partial charge in [0, 0.05) is 12.6 Å². The van der Waals surface area contributed by atoms with E-state index in [1.807, 2.05) is 0 Å². The summed E-state index contributed by atoms with van der Waals surface area (Å²) < 4.78 is 8.84. The number of hydrogen-bond acceptors (Lipinski definition) is 7. The van der Waals surface area contributed by atoms with Crippen molar-refractivity contribution in [2.75, 3.05) is 6.61 Å². The summed E-state index contributed by atoms with van der Waals surface area (Å²) in [6.07, 6.45) is 3.58. The molecular weight excluding hydrogens is 264 g/mol. The van der Waals surface area contributed by atoms with E-state index in [0.29, 0.717) is 23.2 Å². The minimum Gasteiger partial charge on any atom is -0.394 e. The topological polar surface area (TPSA) is 111 Å². The lowest BCUT2D eigenvalue weighted by Crippen LogP contribution is -2.24. The van der Waals surface area contributed by atoms with Crippen LogP contribution in [0, 0.1) is 0 Å². The maximum absolute atomic E-state index is 9.80. The Kier molecular flexibility index (Phi) is 2.46. The van der Waals surface area contributed by atoms with Gasteiger partial charge in [-0.1, -0.05) is 5.21 Å². The number of hydrogen-bond donors (Lipinski definition) is 2. The second-order valence-corrected chi connectivity index (χ2v) is 4.72. The molecule has 4 heterocycles. The number of imidazole rings is 2. The first kappa shape index (κ1) is 11.7. The first-order valence-corrected chi connectivity index (χ1v) is 6.25. The van der Waals surface area contributed by atoms with Gasteiger partial charge < -0.3 is 14.9 Å². The molecule has 20 heavy (non-hydrogen) atoms. The average Bonchev–Trinajstić information content (AvgIpc) is 3.13. The molecule has 0 aliphatic carbocycles. The van der Waals surface area contributed by atoms with Crippen LogP contribution < -0.4 is 0 Å². The maximum atomic E-state index is 9.80. The SMILES string of the molecule is OCC1OC(n2cnc3c2nnn2ccnc32)CC1O. The first-order valence-electron chi connectivity index (χ1n) is 6.25. The van der Waals surface area contributed by atoms with E-state index >= 15 is 0 Å². The van der Waals surface area contributed by atoms with Gasteiger partial charge in [-0.25, -0.2) is 14.5 Å². The summed E-state index contributed by atoms with van der Waals surface area (Å²) in [6.45, 7) is -0.222. The summed E-state index contributed by atoms with van der Waals surface area (Å²) in [5.74, 6) is 0. The van der Waals surface area contributed by atoms with Crippen LogP contribution in [0.3, 0.4) is 0 Å². The lowest BCUT2D eigenvalue weighted by Gasteiger charge is -2.13. The third-order valence-electron chi connectivity index (χ3n) is 3.53. The quantitative estimate of drug-likeness (QED) is 0.625. The van der Waals surface area contributed by atoms with Crippen LogP contribution in [0.1, 0.15) is 12.6 Å². The number of aliphatic hydroxyl groups excluding tert-OH is 2. The number of aliphatic hydroxyl groups is 2. The molecule has 1 aliphatic heterocycles. The van der Waals surface area contributed by atoms with E-state index in [0.717, 1.165) is 0 Å². The van der Waals surface area contributed by atoms with Crippen molar-refractivity contribution >= 4 is 16.8 Å². The Morgan fingerprint density at radius 3 is 3.05 bits per heavy atom. The largest absolute Gasteiger partial charge is 0.394 e. The van der Waals surface area contributed by atoms with Gasteiger partial charge in [0.1, 0.15) is 12.3 Å².